The normalized spacial score (nSPS) is 17.1. The summed E-state index contributed by atoms with van der Waals surface area (Å²) < 4.78 is 0. The molecule has 0 aromatic rings. The molecule has 3 heterocycles. The topological polar surface area (TPSA) is 225 Å². The van der Waals surface area contributed by atoms with Crippen LogP contribution in [0.5, 0.6) is 0 Å². The van der Waals surface area contributed by atoms with E-state index in [0.29, 0.717) is 39.3 Å². The zero-order valence-electron chi connectivity index (χ0n) is 25.6. The summed E-state index contributed by atoms with van der Waals surface area (Å²) in [5, 5.41) is 37.4. The molecule has 18 nitrogen and oxygen atoms in total. The largest absolute Gasteiger partial charge is 3.00 e. The van der Waals surface area contributed by atoms with Gasteiger partial charge in [-0.3, -0.25) is 58.2 Å². The molecule has 3 aliphatic heterocycles. The number of carbonyl (C=O) groups is 6. The van der Waals surface area contributed by atoms with Crippen LogP contribution in [-0.4, -0.2) is 142 Å². The quantitative estimate of drug-likeness (QED) is 0.160. The average Bonchev–Trinajstić information content (AvgIpc) is 3.00. The van der Waals surface area contributed by atoms with E-state index < -0.39 is 52.6 Å². The molecule has 46 heavy (non-hydrogen) atoms. The first-order valence-corrected chi connectivity index (χ1v) is 14.6. The van der Waals surface area contributed by atoms with E-state index in [9.17, 15) is 39.2 Å². The van der Waals surface area contributed by atoms with Crippen molar-refractivity contribution in [2.75, 3.05) is 39.3 Å². The molecule has 3 fully saturated rings. The minimum absolute atomic E-state index is 0. The van der Waals surface area contributed by atoms with Crippen molar-refractivity contribution < 1.29 is 51.0 Å². The average molecular weight is 742 g/mol. The Balaban J connectivity index is 0.000000653. The number of thiocarbonyl (C=S) groups is 3. The smallest absolute Gasteiger partial charge is 0.791 e. The zero-order chi connectivity index (χ0) is 34.8. The molecular weight excluding hydrogens is 710 g/mol. The Hall–Kier alpha value is -3.98. The molecule has 22 heteroatoms. The fourth-order valence-electron chi connectivity index (χ4n) is 3.91. The number of nitrogens with zero attached hydrogens (tertiary/aromatic N) is 9. The Bertz CT molecular complexity index is 1140. The van der Waals surface area contributed by atoms with Crippen molar-refractivity contribution in [2.24, 2.45) is 15.5 Å². The van der Waals surface area contributed by atoms with Crippen molar-refractivity contribution in [2.45, 2.75) is 41.5 Å². The van der Waals surface area contributed by atoms with Gasteiger partial charge in [0.2, 0.25) is 5.71 Å². The molecule has 0 unspecified atom stereocenters. The number of oxime groups is 1. The van der Waals surface area contributed by atoms with Gasteiger partial charge in [-0.05, 0) is 78.2 Å². The fraction of sp³-hybridized carbons (Fsp3) is 0.500. The van der Waals surface area contributed by atoms with Gasteiger partial charge in [-0.1, -0.05) is 5.16 Å². The van der Waals surface area contributed by atoms with Crippen LogP contribution in [0.4, 0.5) is 0 Å². The van der Waals surface area contributed by atoms with Crippen molar-refractivity contribution in [1.82, 2.24) is 29.4 Å². The van der Waals surface area contributed by atoms with E-state index in [-0.39, 0.29) is 32.4 Å². The number of rotatable bonds is 6. The first-order valence-electron chi connectivity index (χ1n) is 13.4. The standard InChI is InChI=1S/3C8H11N3O3S.Fe/c3*1-3-10-6(12)5(9-14)7(13)11(4-2)8(10)15;/h3*14H,3-4H2,1-2H3;/q;;;+3/p-2. The summed E-state index contributed by atoms with van der Waals surface area (Å²) in [4.78, 5) is 76.4. The summed E-state index contributed by atoms with van der Waals surface area (Å²) in [6.07, 6.45) is 0. The molecule has 0 saturated carbocycles. The van der Waals surface area contributed by atoms with Crippen LogP contribution in [0.15, 0.2) is 15.5 Å². The second-order valence-corrected chi connectivity index (χ2v) is 9.57. The van der Waals surface area contributed by atoms with Crippen LogP contribution in [0.2, 0.25) is 0 Å². The Morgan fingerprint density at radius 2 is 0.652 bits per heavy atom. The van der Waals surface area contributed by atoms with Gasteiger partial charge in [-0.2, -0.15) is 0 Å². The van der Waals surface area contributed by atoms with Crippen molar-refractivity contribution in [3.63, 3.8) is 0 Å². The minimum atomic E-state index is -0.716. The molecule has 0 aromatic carbocycles. The van der Waals surface area contributed by atoms with Crippen molar-refractivity contribution in [1.29, 1.82) is 0 Å². The van der Waals surface area contributed by atoms with Crippen molar-refractivity contribution in [3.8, 4) is 0 Å². The molecule has 6 amide bonds. The van der Waals surface area contributed by atoms with Gasteiger partial charge in [0.1, 0.15) is 0 Å². The maximum absolute atomic E-state index is 11.6. The SMILES string of the molecule is CCN1C(=O)C(=NO)C(=O)N(CC)C1=S.CCN1C(=O)C(=N[O-])C(=O)N(CC)C1=S.CCN1C(=O)C(=N[O-])C(=O)N(CC)C1=S.[Fe+3]. The molecule has 0 aromatic heterocycles. The third-order valence-corrected chi connectivity index (χ3v) is 7.57. The third kappa shape index (κ3) is 8.23. The van der Waals surface area contributed by atoms with E-state index in [0.717, 1.165) is 0 Å². The number of carbonyl (C=O) groups excluding carboxylic acids is 6. The molecule has 251 valence electrons. The zero-order valence-corrected chi connectivity index (χ0v) is 29.1. The van der Waals surface area contributed by atoms with Crippen molar-refractivity contribution in [3.05, 3.63) is 10.4 Å². The Kier molecular flexibility index (Phi) is 17.2. The molecule has 3 rings (SSSR count). The van der Waals surface area contributed by atoms with Crippen LogP contribution >= 0.6 is 36.7 Å². The van der Waals surface area contributed by atoms with E-state index in [4.69, 9.17) is 41.9 Å². The molecule has 0 aliphatic carbocycles. The molecule has 0 spiro atoms. The second kappa shape index (κ2) is 18.9. The van der Waals surface area contributed by atoms with E-state index in [1.165, 1.54) is 29.4 Å². The maximum Gasteiger partial charge on any atom is 3.00 e. The van der Waals surface area contributed by atoms with Gasteiger partial charge in [0.15, 0.2) is 26.8 Å². The monoisotopic (exact) mass is 741 g/mol. The number of hydrogen-bond donors (Lipinski definition) is 1. The van der Waals surface area contributed by atoms with E-state index >= 15 is 0 Å². The van der Waals surface area contributed by atoms with Gasteiger partial charge >= 0.3 is 17.1 Å². The number of amides is 6. The van der Waals surface area contributed by atoms with E-state index in [1.807, 2.05) is 0 Å². The molecule has 1 radical (unpaired) electrons. The summed E-state index contributed by atoms with van der Waals surface area (Å²) in [5.41, 5.74) is -1.70. The fourth-order valence-corrected chi connectivity index (χ4v) is 5.19. The third-order valence-electron chi connectivity index (χ3n) is 6.25. The summed E-state index contributed by atoms with van der Waals surface area (Å²) in [6, 6.07) is 0. The van der Waals surface area contributed by atoms with Gasteiger partial charge in [0.05, 0.1) is 0 Å². The molecule has 3 saturated heterocycles. The Morgan fingerprint density at radius 3 is 0.783 bits per heavy atom. The summed E-state index contributed by atoms with van der Waals surface area (Å²) in [5.74, 6) is -4.17. The molecule has 3 aliphatic rings. The summed E-state index contributed by atoms with van der Waals surface area (Å²) in [6.45, 7) is 12.2. The van der Waals surface area contributed by atoms with Crippen LogP contribution in [0, 0.1) is 10.4 Å². The van der Waals surface area contributed by atoms with Crippen LogP contribution in [0.1, 0.15) is 41.5 Å². The van der Waals surface area contributed by atoms with Crippen LogP contribution in [0.25, 0.3) is 0 Å². The molecule has 1 N–H and O–H groups in total. The predicted molar refractivity (Wildman–Crippen MR) is 173 cm³/mol. The molecular formula is C24H31FeN9O9S3+. The van der Waals surface area contributed by atoms with E-state index in [1.54, 1.807) is 41.5 Å². The van der Waals surface area contributed by atoms with Gasteiger partial charge in [0, 0.05) is 39.3 Å². The first-order chi connectivity index (χ1) is 21.2. The molecule has 0 bridgehead atoms. The van der Waals surface area contributed by atoms with Crippen LogP contribution in [-0.2, 0) is 45.8 Å². The predicted octanol–water partition coefficient (Wildman–Crippen LogP) is -0.349. The van der Waals surface area contributed by atoms with Crippen LogP contribution < -0.4 is 0 Å². The van der Waals surface area contributed by atoms with Crippen molar-refractivity contribution >= 4 is 105 Å². The van der Waals surface area contributed by atoms with Gasteiger partial charge < -0.3 is 25.9 Å². The summed E-state index contributed by atoms with van der Waals surface area (Å²) >= 11 is 14.9. The van der Waals surface area contributed by atoms with Gasteiger partial charge in [0.25, 0.3) is 35.4 Å². The Morgan fingerprint density at radius 1 is 0.478 bits per heavy atom. The van der Waals surface area contributed by atoms with Gasteiger partial charge in [-0.15, -0.1) is 0 Å². The summed E-state index contributed by atoms with van der Waals surface area (Å²) in [7, 11) is 0. The van der Waals surface area contributed by atoms with Crippen LogP contribution in [0.3, 0.4) is 0 Å². The Labute approximate surface area is 290 Å². The first kappa shape index (κ1) is 42.0. The molecule has 0 atom stereocenters. The van der Waals surface area contributed by atoms with E-state index in [2.05, 4.69) is 15.5 Å². The van der Waals surface area contributed by atoms with Gasteiger partial charge in [-0.25, -0.2) is 0 Å². The number of hydrogen-bond acceptors (Lipinski definition) is 15. The maximum atomic E-state index is 11.6. The minimum Gasteiger partial charge on any atom is -0.791 e. The second-order valence-electron chi connectivity index (χ2n) is 8.47.